The van der Waals surface area contributed by atoms with Crippen molar-refractivity contribution in [3.63, 3.8) is 0 Å². The van der Waals surface area contributed by atoms with Gasteiger partial charge in [0, 0.05) is 12.6 Å². The van der Waals surface area contributed by atoms with Crippen LogP contribution < -0.4 is 5.32 Å². The average molecular weight is 203 g/mol. The summed E-state index contributed by atoms with van der Waals surface area (Å²) in [5, 5.41) is 3.48. The molecular weight excluding hydrogens is 182 g/mol. The summed E-state index contributed by atoms with van der Waals surface area (Å²) in [4.78, 5) is 0. The van der Waals surface area contributed by atoms with E-state index < -0.39 is 0 Å². The van der Waals surface area contributed by atoms with E-state index in [2.05, 4.69) is 56.4 Å². The molecule has 82 valence electrons. The minimum absolute atomic E-state index is 0.601. The fourth-order valence-electron chi connectivity index (χ4n) is 1.36. The molecular formula is C14H21N. The first-order valence-electron chi connectivity index (χ1n) is 5.68. The second-order valence-electron chi connectivity index (χ2n) is 4.09. The minimum Gasteiger partial charge on any atom is -0.311 e. The number of nitrogens with one attached hydrogen (secondary N) is 1. The van der Waals surface area contributed by atoms with Gasteiger partial charge in [0.15, 0.2) is 0 Å². The quantitative estimate of drug-likeness (QED) is 0.772. The summed E-state index contributed by atoms with van der Waals surface area (Å²) in [6.07, 6.45) is 3.41. The first kappa shape index (κ1) is 12.0. The van der Waals surface area contributed by atoms with Gasteiger partial charge < -0.3 is 5.32 Å². The highest BCUT2D eigenvalue weighted by molar-refractivity contribution is 5.52. The Labute approximate surface area is 93.2 Å². The Morgan fingerprint density at radius 3 is 2.60 bits per heavy atom. The van der Waals surface area contributed by atoms with Crippen molar-refractivity contribution in [2.45, 2.75) is 33.2 Å². The van der Waals surface area contributed by atoms with E-state index in [1.807, 2.05) is 6.07 Å². The van der Waals surface area contributed by atoms with Gasteiger partial charge in [0.2, 0.25) is 0 Å². The van der Waals surface area contributed by atoms with Crippen LogP contribution >= 0.6 is 0 Å². The van der Waals surface area contributed by atoms with E-state index in [4.69, 9.17) is 0 Å². The largest absolute Gasteiger partial charge is 0.311 e. The van der Waals surface area contributed by atoms with Gasteiger partial charge >= 0.3 is 0 Å². The highest BCUT2D eigenvalue weighted by Gasteiger charge is 1.96. The maximum Gasteiger partial charge on any atom is 0.0167 e. The lowest BCUT2D eigenvalue weighted by Gasteiger charge is -2.11. The molecule has 0 saturated heterocycles. The molecule has 1 unspecified atom stereocenters. The molecule has 1 atom stereocenters. The molecule has 1 rings (SSSR count). The van der Waals surface area contributed by atoms with E-state index in [1.54, 1.807) is 0 Å². The van der Waals surface area contributed by atoms with E-state index in [0.717, 1.165) is 6.54 Å². The predicted molar refractivity (Wildman–Crippen MR) is 67.8 cm³/mol. The summed E-state index contributed by atoms with van der Waals surface area (Å²) in [5.74, 6) is 0. The maximum absolute atomic E-state index is 3.48. The van der Waals surface area contributed by atoms with Crippen LogP contribution in [-0.2, 0) is 0 Å². The average Bonchev–Trinajstić information content (AvgIpc) is 2.27. The highest BCUT2D eigenvalue weighted by atomic mass is 14.9. The Bertz CT molecular complexity index is 300. The van der Waals surface area contributed by atoms with Crippen molar-refractivity contribution >= 4 is 6.08 Å². The maximum atomic E-state index is 3.48. The molecule has 1 nitrogen and oxygen atoms in total. The van der Waals surface area contributed by atoms with Gasteiger partial charge in [-0.05, 0) is 25.8 Å². The van der Waals surface area contributed by atoms with Crippen molar-refractivity contribution in [1.29, 1.82) is 0 Å². The predicted octanol–water partition coefficient (Wildman–Crippen LogP) is 3.48. The van der Waals surface area contributed by atoms with Crippen molar-refractivity contribution in [3.05, 3.63) is 41.5 Å². The topological polar surface area (TPSA) is 12.0 Å². The summed E-state index contributed by atoms with van der Waals surface area (Å²) < 4.78 is 0. The third-order valence-electron chi connectivity index (χ3n) is 2.55. The minimum atomic E-state index is 0.601. The number of rotatable bonds is 5. The Morgan fingerprint density at radius 1 is 1.33 bits per heavy atom. The Balaban J connectivity index is 2.46. The van der Waals surface area contributed by atoms with Gasteiger partial charge in [0.25, 0.3) is 0 Å². The van der Waals surface area contributed by atoms with Crippen LogP contribution in [0.3, 0.4) is 0 Å². The SMILES string of the molecule is CCC(C)NC/C(C)=C/c1ccccc1. The summed E-state index contributed by atoms with van der Waals surface area (Å²) in [6, 6.07) is 11.1. The van der Waals surface area contributed by atoms with Crippen LogP contribution in [0, 0.1) is 0 Å². The number of hydrogen-bond acceptors (Lipinski definition) is 1. The zero-order valence-corrected chi connectivity index (χ0v) is 9.96. The molecule has 1 heteroatoms. The Morgan fingerprint density at radius 2 is 2.00 bits per heavy atom. The fraction of sp³-hybridized carbons (Fsp3) is 0.429. The summed E-state index contributed by atoms with van der Waals surface area (Å²) in [6.45, 7) is 7.57. The van der Waals surface area contributed by atoms with Gasteiger partial charge in [-0.1, -0.05) is 48.9 Å². The molecule has 0 aromatic heterocycles. The fourth-order valence-corrected chi connectivity index (χ4v) is 1.36. The molecule has 0 aliphatic heterocycles. The Hall–Kier alpha value is -1.08. The Kier molecular flexibility index (Phi) is 5.13. The molecule has 0 radical (unpaired) electrons. The van der Waals surface area contributed by atoms with Crippen molar-refractivity contribution < 1.29 is 0 Å². The lowest BCUT2D eigenvalue weighted by atomic mass is 10.1. The van der Waals surface area contributed by atoms with Gasteiger partial charge in [0.1, 0.15) is 0 Å². The lowest BCUT2D eigenvalue weighted by molar-refractivity contribution is 0.560. The van der Waals surface area contributed by atoms with Crippen molar-refractivity contribution in [1.82, 2.24) is 5.32 Å². The van der Waals surface area contributed by atoms with Crippen LogP contribution in [0.2, 0.25) is 0 Å². The zero-order chi connectivity index (χ0) is 11.1. The van der Waals surface area contributed by atoms with Gasteiger partial charge in [0.05, 0.1) is 0 Å². The van der Waals surface area contributed by atoms with E-state index in [-0.39, 0.29) is 0 Å². The molecule has 1 aromatic carbocycles. The van der Waals surface area contributed by atoms with E-state index in [1.165, 1.54) is 17.6 Å². The van der Waals surface area contributed by atoms with Gasteiger partial charge in [-0.2, -0.15) is 0 Å². The van der Waals surface area contributed by atoms with E-state index in [0.29, 0.717) is 6.04 Å². The molecule has 1 N–H and O–H groups in total. The molecule has 0 saturated carbocycles. The summed E-state index contributed by atoms with van der Waals surface area (Å²) in [7, 11) is 0. The van der Waals surface area contributed by atoms with Crippen LogP contribution in [0.5, 0.6) is 0 Å². The first-order valence-corrected chi connectivity index (χ1v) is 5.68. The normalized spacial score (nSPS) is 13.9. The molecule has 0 heterocycles. The highest BCUT2D eigenvalue weighted by Crippen LogP contribution is 2.05. The van der Waals surface area contributed by atoms with Gasteiger partial charge in [-0.15, -0.1) is 0 Å². The van der Waals surface area contributed by atoms with Crippen molar-refractivity contribution in [2.75, 3.05) is 6.54 Å². The van der Waals surface area contributed by atoms with Gasteiger partial charge in [-0.3, -0.25) is 0 Å². The van der Waals surface area contributed by atoms with E-state index >= 15 is 0 Å². The second-order valence-corrected chi connectivity index (χ2v) is 4.09. The number of benzene rings is 1. The van der Waals surface area contributed by atoms with Crippen LogP contribution in [0.25, 0.3) is 6.08 Å². The summed E-state index contributed by atoms with van der Waals surface area (Å²) >= 11 is 0. The number of hydrogen-bond donors (Lipinski definition) is 1. The molecule has 0 aliphatic rings. The van der Waals surface area contributed by atoms with Crippen LogP contribution in [0.4, 0.5) is 0 Å². The second kappa shape index (κ2) is 6.41. The molecule has 0 spiro atoms. The third kappa shape index (κ3) is 4.80. The third-order valence-corrected chi connectivity index (χ3v) is 2.55. The molecule has 0 amide bonds. The van der Waals surface area contributed by atoms with Crippen molar-refractivity contribution in [3.8, 4) is 0 Å². The van der Waals surface area contributed by atoms with Crippen LogP contribution in [-0.4, -0.2) is 12.6 Å². The van der Waals surface area contributed by atoms with Crippen molar-refractivity contribution in [2.24, 2.45) is 0 Å². The smallest absolute Gasteiger partial charge is 0.0167 e. The van der Waals surface area contributed by atoms with Gasteiger partial charge in [-0.25, -0.2) is 0 Å². The molecule has 0 aliphatic carbocycles. The van der Waals surface area contributed by atoms with E-state index in [9.17, 15) is 0 Å². The summed E-state index contributed by atoms with van der Waals surface area (Å²) in [5.41, 5.74) is 2.66. The molecule has 1 aromatic rings. The monoisotopic (exact) mass is 203 g/mol. The molecule has 0 fully saturated rings. The lowest BCUT2D eigenvalue weighted by Crippen LogP contribution is -2.26. The standard InChI is InChI=1S/C14H21N/c1-4-13(3)15-11-12(2)10-14-8-6-5-7-9-14/h5-10,13,15H,4,11H2,1-3H3/b12-10+. The van der Waals surface area contributed by atoms with Crippen LogP contribution in [0.15, 0.2) is 35.9 Å². The first-order chi connectivity index (χ1) is 7.22. The molecule has 0 bridgehead atoms. The zero-order valence-electron chi connectivity index (χ0n) is 9.96. The molecule has 15 heavy (non-hydrogen) atoms. The van der Waals surface area contributed by atoms with Crippen LogP contribution in [0.1, 0.15) is 32.8 Å².